The molecule has 1 amide bonds. The Balaban J connectivity index is 1.91. The van der Waals surface area contributed by atoms with Gasteiger partial charge >= 0.3 is 5.97 Å². The molecule has 1 saturated carbocycles. The van der Waals surface area contributed by atoms with E-state index in [-0.39, 0.29) is 5.69 Å². The number of ether oxygens (including phenoxy) is 1. The van der Waals surface area contributed by atoms with Gasteiger partial charge in [0.25, 0.3) is 11.6 Å². The fourth-order valence-electron chi connectivity index (χ4n) is 3.08. The van der Waals surface area contributed by atoms with Gasteiger partial charge < -0.3 is 9.64 Å². The van der Waals surface area contributed by atoms with Gasteiger partial charge in [0.15, 0.2) is 6.61 Å². The third-order valence-corrected chi connectivity index (χ3v) is 4.74. The van der Waals surface area contributed by atoms with Crippen molar-refractivity contribution in [1.82, 2.24) is 4.90 Å². The lowest BCUT2D eigenvalue weighted by Crippen LogP contribution is -2.51. The van der Waals surface area contributed by atoms with E-state index < -0.39 is 28.9 Å². The molecule has 0 spiro atoms. The number of nitrogens with zero attached hydrogens (tertiary/aromatic N) is 3. The number of hydrogen-bond acceptors (Lipinski definition) is 6. The maximum absolute atomic E-state index is 12.3. The Labute approximate surface area is 157 Å². The Morgan fingerprint density at radius 2 is 2.07 bits per heavy atom. The molecular formula is C19H21N3O5. The molecule has 0 radical (unpaired) electrons. The van der Waals surface area contributed by atoms with Crippen LogP contribution in [0.15, 0.2) is 30.3 Å². The van der Waals surface area contributed by atoms with Crippen LogP contribution in [0.25, 0.3) is 6.08 Å². The van der Waals surface area contributed by atoms with Crippen molar-refractivity contribution >= 4 is 23.6 Å². The summed E-state index contributed by atoms with van der Waals surface area (Å²) in [7, 11) is 1.56. The van der Waals surface area contributed by atoms with Crippen molar-refractivity contribution in [2.75, 3.05) is 13.7 Å². The first-order chi connectivity index (χ1) is 12.9. The van der Waals surface area contributed by atoms with E-state index in [9.17, 15) is 25.0 Å². The lowest BCUT2D eigenvalue weighted by molar-refractivity contribution is -0.384. The number of rotatable bonds is 6. The molecule has 1 aliphatic carbocycles. The van der Waals surface area contributed by atoms with Crippen LogP contribution in [0.2, 0.25) is 0 Å². The van der Waals surface area contributed by atoms with Gasteiger partial charge in [0.2, 0.25) is 0 Å². The number of carbonyl (C=O) groups excluding carboxylic acids is 2. The molecule has 27 heavy (non-hydrogen) atoms. The second-order valence-corrected chi connectivity index (χ2v) is 6.45. The van der Waals surface area contributed by atoms with Gasteiger partial charge in [-0.05, 0) is 24.5 Å². The lowest BCUT2D eigenvalue weighted by Gasteiger charge is -2.38. The first-order valence-corrected chi connectivity index (χ1v) is 8.65. The molecule has 1 fully saturated rings. The van der Waals surface area contributed by atoms with Crippen molar-refractivity contribution < 1.29 is 19.2 Å². The van der Waals surface area contributed by atoms with E-state index in [2.05, 4.69) is 6.07 Å². The predicted octanol–water partition coefficient (Wildman–Crippen LogP) is 2.84. The summed E-state index contributed by atoms with van der Waals surface area (Å²) >= 11 is 0. The highest BCUT2D eigenvalue weighted by atomic mass is 16.6. The van der Waals surface area contributed by atoms with E-state index in [0.717, 1.165) is 25.3 Å². The molecule has 0 unspecified atom stereocenters. The second-order valence-electron chi connectivity index (χ2n) is 6.45. The number of likely N-dealkylation sites (N-methyl/N-ethyl adjacent to an activating group) is 1. The monoisotopic (exact) mass is 371 g/mol. The number of esters is 1. The zero-order valence-electron chi connectivity index (χ0n) is 15.1. The molecule has 1 aliphatic rings. The lowest BCUT2D eigenvalue weighted by atomic mass is 9.81. The molecule has 1 aromatic carbocycles. The van der Waals surface area contributed by atoms with Crippen molar-refractivity contribution in [3.8, 4) is 6.07 Å². The highest BCUT2D eigenvalue weighted by molar-refractivity contribution is 5.89. The van der Waals surface area contributed by atoms with Crippen molar-refractivity contribution in [2.24, 2.45) is 0 Å². The summed E-state index contributed by atoms with van der Waals surface area (Å²) in [5.74, 6) is -1.17. The topological polar surface area (TPSA) is 114 Å². The average Bonchev–Trinajstić information content (AvgIpc) is 2.70. The van der Waals surface area contributed by atoms with Crippen LogP contribution < -0.4 is 0 Å². The number of carbonyl (C=O) groups is 2. The smallest absolute Gasteiger partial charge is 0.331 e. The quantitative estimate of drug-likeness (QED) is 0.329. The summed E-state index contributed by atoms with van der Waals surface area (Å²) in [5.41, 5.74) is -0.451. The Hall–Kier alpha value is -3.21. The normalized spacial score (nSPS) is 15.7. The minimum Gasteiger partial charge on any atom is -0.452 e. The number of nitriles is 1. The van der Waals surface area contributed by atoms with E-state index in [0.29, 0.717) is 18.4 Å². The molecule has 0 bridgehead atoms. The molecule has 0 heterocycles. The number of nitro benzene ring substituents is 1. The van der Waals surface area contributed by atoms with Crippen LogP contribution in [0.4, 0.5) is 5.69 Å². The van der Waals surface area contributed by atoms with Crippen LogP contribution in [0.3, 0.4) is 0 Å². The second kappa shape index (κ2) is 8.94. The summed E-state index contributed by atoms with van der Waals surface area (Å²) in [6, 6.07) is 8.03. The van der Waals surface area contributed by atoms with E-state index in [1.807, 2.05) is 0 Å². The maximum Gasteiger partial charge on any atom is 0.331 e. The Morgan fingerprint density at radius 1 is 1.37 bits per heavy atom. The molecule has 1 aromatic rings. The van der Waals surface area contributed by atoms with E-state index in [4.69, 9.17) is 4.74 Å². The summed E-state index contributed by atoms with van der Waals surface area (Å²) in [5, 5.41) is 20.2. The number of nitro groups is 1. The Bertz CT molecular complexity index is 791. The molecule has 2 rings (SSSR count). The highest BCUT2D eigenvalue weighted by Gasteiger charge is 2.38. The van der Waals surface area contributed by atoms with Crippen LogP contribution in [-0.2, 0) is 14.3 Å². The van der Waals surface area contributed by atoms with Gasteiger partial charge in [-0.3, -0.25) is 14.9 Å². The van der Waals surface area contributed by atoms with Crippen molar-refractivity contribution in [1.29, 1.82) is 5.26 Å². The van der Waals surface area contributed by atoms with Crippen molar-refractivity contribution in [3.63, 3.8) is 0 Å². The van der Waals surface area contributed by atoms with Crippen LogP contribution in [0, 0.1) is 21.4 Å². The molecule has 0 atom stereocenters. The van der Waals surface area contributed by atoms with Crippen LogP contribution in [-0.4, -0.2) is 40.9 Å². The van der Waals surface area contributed by atoms with Gasteiger partial charge in [-0.25, -0.2) is 4.79 Å². The number of hydrogen-bond donors (Lipinski definition) is 0. The van der Waals surface area contributed by atoms with Gasteiger partial charge in [-0.15, -0.1) is 0 Å². The fraction of sp³-hybridized carbons (Fsp3) is 0.421. The number of non-ortho nitro benzene ring substituents is 1. The first-order valence-electron chi connectivity index (χ1n) is 8.65. The molecule has 0 saturated heterocycles. The fourth-order valence-corrected chi connectivity index (χ4v) is 3.08. The van der Waals surface area contributed by atoms with E-state index in [1.54, 1.807) is 13.1 Å². The minimum absolute atomic E-state index is 0.0865. The van der Waals surface area contributed by atoms with Gasteiger partial charge in [0, 0.05) is 25.3 Å². The predicted molar refractivity (Wildman–Crippen MR) is 97.3 cm³/mol. The summed E-state index contributed by atoms with van der Waals surface area (Å²) in [6.45, 7) is -0.460. The zero-order chi connectivity index (χ0) is 19.9. The molecule has 0 N–H and O–H groups in total. The third kappa shape index (κ3) is 5.14. The van der Waals surface area contributed by atoms with Crippen molar-refractivity contribution in [3.05, 3.63) is 46.0 Å². The first kappa shape index (κ1) is 20.1. The Kier molecular flexibility index (Phi) is 6.66. The summed E-state index contributed by atoms with van der Waals surface area (Å²) in [4.78, 5) is 35.7. The van der Waals surface area contributed by atoms with Gasteiger partial charge in [0.1, 0.15) is 5.54 Å². The molecule has 142 valence electrons. The minimum atomic E-state index is -0.833. The van der Waals surface area contributed by atoms with Crippen LogP contribution >= 0.6 is 0 Å². The van der Waals surface area contributed by atoms with Gasteiger partial charge in [0.05, 0.1) is 11.0 Å². The van der Waals surface area contributed by atoms with E-state index in [1.165, 1.54) is 29.2 Å². The van der Waals surface area contributed by atoms with Gasteiger partial charge in [-0.2, -0.15) is 5.26 Å². The molecule has 0 aromatic heterocycles. The summed E-state index contributed by atoms with van der Waals surface area (Å²) in [6.07, 6.45) is 6.53. The largest absolute Gasteiger partial charge is 0.452 e. The standard InChI is InChI=1S/C19H21N3O5/c1-21(19(14-20)10-3-2-4-11-19)17(23)13-27-18(24)9-8-15-6-5-7-16(12-15)22(25)26/h5-9,12H,2-4,10-11,13H2,1H3/b9-8+. The molecule has 8 heteroatoms. The highest BCUT2D eigenvalue weighted by Crippen LogP contribution is 2.32. The molecular weight excluding hydrogens is 350 g/mol. The SMILES string of the molecule is CN(C(=O)COC(=O)/C=C/c1cccc([N+](=O)[O-])c1)C1(C#N)CCCCC1. The molecule has 0 aliphatic heterocycles. The zero-order valence-corrected chi connectivity index (χ0v) is 15.1. The summed E-state index contributed by atoms with van der Waals surface area (Å²) < 4.78 is 4.94. The van der Waals surface area contributed by atoms with Crippen LogP contribution in [0.1, 0.15) is 37.7 Å². The van der Waals surface area contributed by atoms with E-state index >= 15 is 0 Å². The average molecular weight is 371 g/mol. The maximum atomic E-state index is 12.3. The molecule has 8 nitrogen and oxygen atoms in total. The van der Waals surface area contributed by atoms with Crippen LogP contribution in [0.5, 0.6) is 0 Å². The van der Waals surface area contributed by atoms with Gasteiger partial charge in [-0.1, -0.05) is 31.4 Å². The Morgan fingerprint density at radius 3 is 2.70 bits per heavy atom. The van der Waals surface area contributed by atoms with Crippen molar-refractivity contribution in [2.45, 2.75) is 37.6 Å². The number of amides is 1. The third-order valence-electron chi connectivity index (χ3n) is 4.74. The number of benzene rings is 1.